The summed E-state index contributed by atoms with van der Waals surface area (Å²) in [4.78, 5) is 0. The van der Waals surface area contributed by atoms with Crippen LogP contribution in [0.1, 0.15) is 64.4 Å². The molecule has 2 rings (SSSR count). The summed E-state index contributed by atoms with van der Waals surface area (Å²) in [6.07, 6.45) is 5.96. The molecule has 1 saturated carbocycles. The first kappa shape index (κ1) is 16.8. The fourth-order valence-corrected chi connectivity index (χ4v) is 3.44. The van der Waals surface area contributed by atoms with E-state index in [1.54, 1.807) is 0 Å². The van der Waals surface area contributed by atoms with Gasteiger partial charge < -0.3 is 5.32 Å². The van der Waals surface area contributed by atoms with Crippen LogP contribution in [0.3, 0.4) is 0 Å². The van der Waals surface area contributed by atoms with E-state index in [0.29, 0.717) is 16.9 Å². The van der Waals surface area contributed by atoms with Crippen LogP contribution in [-0.2, 0) is 0 Å². The highest BCUT2D eigenvalue weighted by atomic mass is 35.5. The predicted octanol–water partition coefficient (Wildman–Crippen LogP) is 5.53. The summed E-state index contributed by atoms with van der Waals surface area (Å²) in [5.74, 6) is 0.664. The van der Waals surface area contributed by atoms with E-state index >= 15 is 0 Å². The molecule has 1 aliphatic rings. The zero-order valence-corrected chi connectivity index (χ0v) is 14.1. The van der Waals surface area contributed by atoms with Crippen molar-refractivity contribution in [1.82, 2.24) is 5.32 Å². The van der Waals surface area contributed by atoms with Crippen LogP contribution in [0, 0.1) is 11.7 Å². The second-order valence-electron chi connectivity index (χ2n) is 7.30. The van der Waals surface area contributed by atoms with Crippen molar-refractivity contribution in [2.75, 3.05) is 6.54 Å². The lowest BCUT2D eigenvalue weighted by Gasteiger charge is -2.30. The third kappa shape index (κ3) is 4.96. The summed E-state index contributed by atoms with van der Waals surface area (Å²) in [7, 11) is 0. The molecule has 1 fully saturated rings. The molecule has 1 nitrogen and oxygen atoms in total. The van der Waals surface area contributed by atoms with Crippen molar-refractivity contribution in [3.63, 3.8) is 0 Å². The van der Waals surface area contributed by atoms with Crippen LogP contribution >= 0.6 is 11.6 Å². The zero-order valence-electron chi connectivity index (χ0n) is 13.4. The molecule has 0 aliphatic heterocycles. The van der Waals surface area contributed by atoms with E-state index in [-0.39, 0.29) is 11.4 Å². The average molecular weight is 312 g/mol. The number of benzene rings is 1. The molecular weight excluding hydrogens is 285 g/mol. The molecule has 0 saturated heterocycles. The Morgan fingerprint density at radius 3 is 2.57 bits per heavy atom. The van der Waals surface area contributed by atoms with Crippen LogP contribution in [0.5, 0.6) is 0 Å². The van der Waals surface area contributed by atoms with Crippen LogP contribution < -0.4 is 5.32 Å². The minimum Gasteiger partial charge on any atom is -0.312 e. The Labute approximate surface area is 133 Å². The lowest BCUT2D eigenvalue weighted by molar-refractivity contribution is 0.318. The van der Waals surface area contributed by atoms with E-state index in [1.165, 1.54) is 31.7 Å². The monoisotopic (exact) mass is 311 g/mol. The van der Waals surface area contributed by atoms with Crippen molar-refractivity contribution in [2.24, 2.45) is 5.92 Å². The first-order chi connectivity index (χ1) is 9.87. The van der Waals surface area contributed by atoms with Crippen LogP contribution in [0.15, 0.2) is 18.2 Å². The molecule has 1 aliphatic carbocycles. The number of rotatable bonds is 3. The SMILES string of the molecule is CC(C)(C)NCC1CCCCCC1c1ccc(Cl)cc1F. The molecule has 1 aromatic carbocycles. The van der Waals surface area contributed by atoms with Crippen molar-refractivity contribution >= 4 is 11.6 Å². The Morgan fingerprint density at radius 2 is 1.90 bits per heavy atom. The summed E-state index contributed by atoms with van der Waals surface area (Å²) in [6, 6.07) is 5.16. The molecule has 0 aromatic heterocycles. The maximum atomic E-state index is 14.3. The second kappa shape index (κ2) is 7.11. The number of nitrogens with one attached hydrogen (secondary N) is 1. The highest BCUT2D eigenvalue weighted by Gasteiger charge is 2.28. The Hall–Kier alpha value is -0.600. The second-order valence-corrected chi connectivity index (χ2v) is 7.74. The maximum absolute atomic E-state index is 14.3. The van der Waals surface area contributed by atoms with E-state index in [2.05, 4.69) is 26.1 Å². The standard InChI is InChI=1S/C18H27ClFN/c1-18(2,3)21-12-13-7-5-4-6-8-15(13)16-10-9-14(19)11-17(16)20/h9-11,13,15,21H,4-8,12H2,1-3H3. The predicted molar refractivity (Wildman–Crippen MR) is 88.5 cm³/mol. The van der Waals surface area contributed by atoms with Gasteiger partial charge in [-0.05, 0) is 69.7 Å². The van der Waals surface area contributed by atoms with Gasteiger partial charge in [-0.2, -0.15) is 0 Å². The molecule has 2 unspecified atom stereocenters. The lowest BCUT2D eigenvalue weighted by Crippen LogP contribution is -2.40. The van der Waals surface area contributed by atoms with Crippen molar-refractivity contribution in [1.29, 1.82) is 0 Å². The first-order valence-corrected chi connectivity index (χ1v) is 8.44. The molecule has 0 spiro atoms. The zero-order chi connectivity index (χ0) is 15.5. The fraction of sp³-hybridized carbons (Fsp3) is 0.667. The number of hydrogen-bond donors (Lipinski definition) is 1. The van der Waals surface area contributed by atoms with Gasteiger partial charge in [0, 0.05) is 10.6 Å². The van der Waals surface area contributed by atoms with Gasteiger partial charge in [0.2, 0.25) is 0 Å². The van der Waals surface area contributed by atoms with Crippen LogP contribution in [0.2, 0.25) is 5.02 Å². The van der Waals surface area contributed by atoms with Gasteiger partial charge in [-0.15, -0.1) is 0 Å². The third-order valence-corrected chi connectivity index (χ3v) is 4.65. The summed E-state index contributed by atoms with van der Waals surface area (Å²) < 4.78 is 14.3. The average Bonchev–Trinajstić information content (AvgIpc) is 2.61. The maximum Gasteiger partial charge on any atom is 0.128 e. The minimum atomic E-state index is -0.143. The normalized spacial score (nSPS) is 23.9. The lowest BCUT2D eigenvalue weighted by atomic mass is 9.81. The summed E-state index contributed by atoms with van der Waals surface area (Å²) >= 11 is 5.89. The number of hydrogen-bond acceptors (Lipinski definition) is 1. The molecule has 3 heteroatoms. The van der Waals surface area contributed by atoms with Gasteiger partial charge in [-0.1, -0.05) is 36.9 Å². The van der Waals surface area contributed by atoms with Gasteiger partial charge in [0.05, 0.1) is 0 Å². The van der Waals surface area contributed by atoms with Crippen LogP contribution in [-0.4, -0.2) is 12.1 Å². The van der Waals surface area contributed by atoms with E-state index < -0.39 is 0 Å². The van der Waals surface area contributed by atoms with Crippen molar-refractivity contribution in [3.8, 4) is 0 Å². The van der Waals surface area contributed by atoms with Gasteiger partial charge >= 0.3 is 0 Å². The van der Waals surface area contributed by atoms with E-state index in [4.69, 9.17) is 11.6 Å². The smallest absolute Gasteiger partial charge is 0.128 e. The van der Waals surface area contributed by atoms with Crippen molar-refractivity contribution in [3.05, 3.63) is 34.6 Å². The van der Waals surface area contributed by atoms with Crippen LogP contribution in [0.4, 0.5) is 4.39 Å². The molecule has 21 heavy (non-hydrogen) atoms. The Bertz CT molecular complexity index is 467. The Balaban J connectivity index is 2.18. The van der Waals surface area contributed by atoms with Crippen molar-refractivity contribution in [2.45, 2.75) is 64.3 Å². The number of halogens is 2. The van der Waals surface area contributed by atoms with Gasteiger partial charge in [-0.25, -0.2) is 4.39 Å². The van der Waals surface area contributed by atoms with Gasteiger partial charge in [0.25, 0.3) is 0 Å². The largest absolute Gasteiger partial charge is 0.312 e. The minimum absolute atomic E-state index is 0.107. The molecular formula is C18H27ClFN. The highest BCUT2D eigenvalue weighted by molar-refractivity contribution is 6.30. The molecule has 0 bridgehead atoms. The van der Waals surface area contributed by atoms with Gasteiger partial charge in [-0.3, -0.25) is 0 Å². The Kier molecular flexibility index (Phi) is 5.67. The molecule has 118 valence electrons. The van der Waals surface area contributed by atoms with E-state index in [0.717, 1.165) is 18.5 Å². The molecule has 0 amide bonds. The molecule has 0 heterocycles. The van der Waals surface area contributed by atoms with E-state index in [9.17, 15) is 4.39 Å². The molecule has 0 radical (unpaired) electrons. The molecule has 2 atom stereocenters. The van der Waals surface area contributed by atoms with Gasteiger partial charge in [0.1, 0.15) is 5.82 Å². The Morgan fingerprint density at radius 1 is 1.19 bits per heavy atom. The fourth-order valence-electron chi connectivity index (χ4n) is 3.28. The summed E-state index contributed by atoms with van der Waals surface area (Å²) in [5.41, 5.74) is 0.956. The topological polar surface area (TPSA) is 12.0 Å². The molecule has 1 N–H and O–H groups in total. The van der Waals surface area contributed by atoms with E-state index in [1.807, 2.05) is 12.1 Å². The molecule has 1 aromatic rings. The quantitative estimate of drug-likeness (QED) is 0.724. The summed E-state index contributed by atoms with van der Waals surface area (Å²) in [6.45, 7) is 7.50. The van der Waals surface area contributed by atoms with Crippen molar-refractivity contribution < 1.29 is 4.39 Å². The van der Waals surface area contributed by atoms with Crippen LogP contribution in [0.25, 0.3) is 0 Å². The van der Waals surface area contributed by atoms with Gasteiger partial charge in [0.15, 0.2) is 0 Å². The third-order valence-electron chi connectivity index (χ3n) is 4.42. The highest BCUT2D eigenvalue weighted by Crippen LogP contribution is 2.38. The summed E-state index contributed by atoms with van der Waals surface area (Å²) in [5, 5.41) is 4.08. The first-order valence-electron chi connectivity index (χ1n) is 8.07.